The fourth-order valence-electron chi connectivity index (χ4n) is 2.27. The van der Waals surface area contributed by atoms with Crippen molar-refractivity contribution in [2.24, 2.45) is 0 Å². The number of hydrogen-bond acceptors (Lipinski definition) is 6. The third-order valence-electron chi connectivity index (χ3n) is 3.65. The van der Waals surface area contributed by atoms with Gasteiger partial charge in [0.1, 0.15) is 23.8 Å². The number of thiazole rings is 2. The Balaban J connectivity index is 0.000000166. The van der Waals surface area contributed by atoms with Crippen LogP contribution in [0.2, 0.25) is 0 Å². The molecule has 29 heavy (non-hydrogen) atoms. The summed E-state index contributed by atoms with van der Waals surface area (Å²) >= 11 is 6.15. The Morgan fingerprint density at radius 1 is 0.862 bits per heavy atom. The SMILES string of the molecule is N#Cc1cc(-c2cnc(Br)s2)ccc1F.N#Cc1cc(-c2cncs2)ccc1F. The first-order valence-electron chi connectivity index (χ1n) is 7.91. The minimum absolute atomic E-state index is 0.0528. The summed E-state index contributed by atoms with van der Waals surface area (Å²) in [7, 11) is 0. The number of nitrogens with zero attached hydrogens (tertiary/aromatic N) is 4. The summed E-state index contributed by atoms with van der Waals surface area (Å²) in [5.41, 5.74) is 3.44. The van der Waals surface area contributed by atoms with Gasteiger partial charge in [0.25, 0.3) is 0 Å². The molecule has 142 valence electrons. The van der Waals surface area contributed by atoms with Gasteiger partial charge in [0.2, 0.25) is 0 Å². The summed E-state index contributed by atoms with van der Waals surface area (Å²) in [6.45, 7) is 0. The van der Waals surface area contributed by atoms with E-state index in [0.29, 0.717) is 0 Å². The summed E-state index contributed by atoms with van der Waals surface area (Å²) in [6.07, 6.45) is 3.38. The van der Waals surface area contributed by atoms with Crippen LogP contribution in [0.15, 0.2) is 58.2 Å². The lowest BCUT2D eigenvalue weighted by Gasteiger charge is -1.97. The van der Waals surface area contributed by atoms with Crippen LogP contribution in [0.5, 0.6) is 0 Å². The fraction of sp³-hybridized carbons (Fsp3) is 0. The Hall–Kier alpha value is -2.98. The van der Waals surface area contributed by atoms with Crippen LogP contribution in [0.4, 0.5) is 8.78 Å². The molecule has 0 atom stereocenters. The molecular weight excluding hydrogens is 478 g/mol. The molecule has 2 aromatic carbocycles. The first kappa shape index (κ1) is 20.7. The van der Waals surface area contributed by atoms with E-state index in [9.17, 15) is 8.78 Å². The Morgan fingerprint density at radius 3 is 1.90 bits per heavy atom. The van der Waals surface area contributed by atoms with E-state index in [4.69, 9.17) is 10.5 Å². The molecule has 0 aliphatic heterocycles. The van der Waals surface area contributed by atoms with Crippen LogP contribution in [-0.2, 0) is 0 Å². The van der Waals surface area contributed by atoms with Gasteiger partial charge in [-0.1, -0.05) is 12.1 Å². The summed E-state index contributed by atoms with van der Waals surface area (Å²) in [5.74, 6) is -0.981. The monoisotopic (exact) mass is 486 g/mol. The molecule has 2 heterocycles. The van der Waals surface area contributed by atoms with Gasteiger partial charge in [-0.3, -0.25) is 4.98 Å². The number of hydrogen-bond donors (Lipinski definition) is 0. The van der Waals surface area contributed by atoms with Crippen molar-refractivity contribution in [2.45, 2.75) is 0 Å². The van der Waals surface area contributed by atoms with Crippen LogP contribution in [0, 0.1) is 34.3 Å². The van der Waals surface area contributed by atoms with Gasteiger partial charge in [-0.2, -0.15) is 10.5 Å². The van der Waals surface area contributed by atoms with Gasteiger partial charge in [0.15, 0.2) is 3.92 Å². The first-order chi connectivity index (χ1) is 14.0. The van der Waals surface area contributed by atoms with Gasteiger partial charge >= 0.3 is 0 Å². The van der Waals surface area contributed by atoms with Crippen LogP contribution < -0.4 is 0 Å². The lowest BCUT2D eigenvalue weighted by Crippen LogP contribution is -1.83. The maximum atomic E-state index is 13.0. The number of nitriles is 2. The highest BCUT2D eigenvalue weighted by molar-refractivity contribution is 9.11. The number of benzene rings is 2. The van der Waals surface area contributed by atoms with Crippen LogP contribution in [0.25, 0.3) is 20.9 Å². The number of rotatable bonds is 2. The average Bonchev–Trinajstić information content (AvgIpc) is 3.41. The second-order valence-electron chi connectivity index (χ2n) is 5.46. The largest absolute Gasteiger partial charge is 0.252 e. The molecule has 4 rings (SSSR count). The molecule has 0 fully saturated rings. The normalized spacial score (nSPS) is 9.83. The van der Waals surface area contributed by atoms with E-state index in [1.165, 1.54) is 46.9 Å². The molecule has 0 saturated heterocycles. The summed E-state index contributed by atoms with van der Waals surface area (Å²) < 4.78 is 26.8. The molecule has 0 bridgehead atoms. The van der Waals surface area contributed by atoms with E-state index in [-0.39, 0.29) is 11.1 Å². The van der Waals surface area contributed by atoms with Crippen LogP contribution in [-0.4, -0.2) is 9.97 Å². The standard InChI is InChI=1S/C10H4BrFN2S.C10H5FN2S/c11-10-14-5-9(15-10)6-1-2-8(12)7(3-6)4-13;11-9-2-1-7(3-8(9)4-12)10-5-13-6-14-10/h1-3,5H;1-3,5-6H. The van der Waals surface area contributed by atoms with Crippen LogP contribution in [0.3, 0.4) is 0 Å². The molecule has 0 unspecified atom stereocenters. The topological polar surface area (TPSA) is 73.4 Å². The molecule has 0 radical (unpaired) electrons. The molecule has 0 N–H and O–H groups in total. The molecule has 4 aromatic rings. The van der Waals surface area contributed by atoms with Crippen molar-refractivity contribution in [1.82, 2.24) is 9.97 Å². The quantitative estimate of drug-likeness (QED) is 0.328. The zero-order valence-electron chi connectivity index (χ0n) is 14.4. The van der Waals surface area contributed by atoms with Gasteiger partial charge in [0, 0.05) is 12.4 Å². The summed E-state index contributed by atoms with van der Waals surface area (Å²) in [6, 6.07) is 12.5. The minimum atomic E-state index is -0.496. The third kappa shape index (κ3) is 5.09. The lowest BCUT2D eigenvalue weighted by atomic mass is 10.1. The van der Waals surface area contributed by atoms with Crippen molar-refractivity contribution in [3.05, 3.63) is 81.0 Å². The van der Waals surface area contributed by atoms with E-state index in [1.54, 1.807) is 36.1 Å². The highest BCUT2D eigenvalue weighted by Gasteiger charge is 2.07. The van der Waals surface area contributed by atoms with Crippen LogP contribution in [0.1, 0.15) is 11.1 Å². The zero-order chi connectivity index (χ0) is 20.8. The first-order valence-corrected chi connectivity index (χ1v) is 10.4. The van der Waals surface area contributed by atoms with Gasteiger partial charge in [-0.25, -0.2) is 13.8 Å². The summed E-state index contributed by atoms with van der Waals surface area (Å²) in [4.78, 5) is 9.78. The van der Waals surface area contributed by atoms with Gasteiger partial charge in [-0.15, -0.1) is 22.7 Å². The van der Waals surface area contributed by atoms with E-state index in [0.717, 1.165) is 24.8 Å². The van der Waals surface area contributed by atoms with Crippen LogP contribution >= 0.6 is 38.6 Å². The average molecular weight is 487 g/mol. The number of aromatic nitrogens is 2. The lowest BCUT2D eigenvalue weighted by molar-refractivity contribution is 0.624. The molecule has 0 amide bonds. The van der Waals surface area contributed by atoms with Gasteiger partial charge in [0.05, 0.1) is 26.4 Å². The maximum absolute atomic E-state index is 13.0. The fourth-order valence-corrected chi connectivity index (χ4v) is 4.16. The Bertz CT molecular complexity index is 1220. The molecule has 4 nitrogen and oxygen atoms in total. The Kier molecular flexibility index (Phi) is 6.78. The minimum Gasteiger partial charge on any atom is -0.252 e. The molecule has 0 saturated carbocycles. The Morgan fingerprint density at radius 2 is 1.45 bits per heavy atom. The number of halogens is 3. The summed E-state index contributed by atoms with van der Waals surface area (Å²) in [5, 5.41) is 17.3. The van der Waals surface area contributed by atoms with Gasteiger partial charge < -0.3 is 0 Å². The van der Waals surface area contributed by atoms with Crippen molar-refractivity contribution >= 4 is 38.6 Å². The third-order valence-corrected chi connectivity index (χ3v) is 6.00. The molecular formula is C20H9BrF2N4S2. The predicted octanol–water partition coefficient (Wildman–Crippen LogP) is 6.40. The van der Waals surface area contributed by atoms with E-state index < -0.39 is 11.6 Å². The van der Waals surface area contributed by atoms with Crippen molar-refractivity contribution < 1.29 is 8.78 Å². The maximum Gasteiger partial charge on any atom is 0.159 e. The second kappa shape index (κ2) is 9.48. The predicted molar refractivity (Wildman–Crippen MR) is 112 cm³/mol. The van der Waals surface area contributed by atoms with Crippen molar-refractivity contribution in [3.8, 4) is 33.0 Å². The smallest absolute Gasteiger partial charge is 0.159 e. The molecule has 0 spiro atoms. The van der Waals surface area contributed by atoms with E-state index in [2.05, 4.69) is 25.9 Å². The van der Waals surface area contributed by atoms with E-state index >= 15 is 0 Å². The van der Waals surface area contributed by atoms with Crippen molar-refractivity contribution in [3.63, 3.8) is 0 Å². The highest BCUT2D eigenvalue weighted by atomic mass is 79.9. The molecule has 0 aliphatic rings. The molecule has 0 aliphatic carbocycles. The molecule has 2 aromatic heterocycles. The molecule has 9 heteroatoms. The van der Waals surface area contributed by atoms with Gasteiger partial charge in [-0.05, 0) is 51.3 Å². The Labute approximate surface area is 181 Å². The highest BCUT2D eigenvalue weighted by Crippen LogP contribution is 2.29. The second-order valence-corrected chi connectivity index (χ2v) is 8.65. The zero-order valence-corrected chi connectivity index (χ0v) is 17.7. The van der Waals surface area contributed by atoms with E-state index in [1.807, 2.05) is 6.07 Å². The van der Waals surface area contributed by atoms with Crippen molar-refractivity contribution in [2.75, 3.05) is 0 Å². The van der Waals surface area contributed by atoms with Crippen molar-refractivity contribution in [1.29, 1.82) is 10.5 Å².